The first kappa shape index (κ1) is 21.9. The first-order valence-corrected chi connectivity index (χ1v) is 12.8. The Labute approximate surface area is 195 Å². The monoisotopic (exact) mass is 518 g/mol. The van der Waals surface area contributed by atoms with E-state index in [1.54, 1.807) is 35.0 Å². The first-order valence-electron chi connectivity index (χ1n) is 9.26. The van der Waals surface area contributed by atoms with Gasteiger partial charge in [-0.15, -0.1) is 45.3 Å². The lowest BCUT2D eigenvalue weighted by atomic mass is 9.94. The molecule has 5 rings (SSSR count). The van der Waals surface area contributed by atoms with Crippen LogP contribution in [0, 0.1) is 0 Å². The maximum Gasteiger partial charge on any atom is 0.380 e. The van der Waals surface area contributed by atoms with E-state index < -0.39 is 28.9 Å². The van der Waals surface area contributed by atoms with E-state index in [-0.39, 0.29) is 22.4 Å². The third-order valence-corrected chi connectivity index (χ3v) is 9.04. The molecule has 0 radical (unpaired) electrons. The fourth-order valence-electron chi connectivity index (χ4n) is 3.81. The highest BCUT2D eigenvalue weighted by molar-refractivity contribution is 7.20. The summed E-state index contributed by atoms with van der Waals surface area (Å²) in [5.41, 5.74) is -3.09. The SMILES string of the molecule is FC1(F)C(c2ccsc2Cc2cccs2)=C(c2ccsc2-c2cccs2)C(F)(F)C1(F)F. The Morgan fingerprint density at radius 2 is 1.25 bits per heavy atom. The van der Waals surface area contributed by atoms with Gasteiger partial charge in [0.1, 0.15) is 0 Å². The van der Waals surface area contributed by atoms with E-state index in [9.17, 15) is 8.78 Å². The third-order valence-electron chi connectivity index (χ3n) is 5.28. The van der Waals surface area contributed by atoms with Crippen LogP contribution in [-0.4, -0.2) is 17.8 Å². The lowest BCUT2D eigenvalue weighted by Crippen LogP contribution is -2.48. The topological polar surface area (TPSA) is 0 Å². The van der Waals surface area contributed by atoms with Crippen LogP contribution >= 0.6 is 45.3 Å². The van der Waals surface area contributed by atoms with Crippen LogP contribution in [0.1, 0.15) is 20.9 Å². The maximum atomic E-state index is 15.1. The number of allylic oxidation sites excluding steroid dienone is 2. The van der Waals surface area contributed by atoms with Crippen LogP contribution in [0.25, 0.3) is 20.9 Å². The summed E-state index contributed by atoms with van der Waals surface area (Å²) in [4.78, 5) is 2.00. The second-order valence-electron chi connectivity index (χ2n) is 7.13. The van der Waals surface area contributed by atoms with Gasteiger partial charge < -0.3 is 0 Å². The second kappa shape index (κ2) is 7.58. The zero-order chi connectivity index (χ0) is 22.7. The molecule has 32 heavy (non-hydrogen) atoms. The van der Waals surface area contributed by atoms with E-state index >= 15 is 17.6 Å². The predicted molar refractivity (Wildman–Crippen MR) is 121 cm³/mol. The van der Waals surface area contributed by atoms with Gasteiger partial charge in [0.2, 0.25) is 0 Å². The molecule has 0 fully saturated rings. The Bertz CT molecular complexity index is 1280. The van der Waals surface area contributed by atoms with Gasteiger partial charge in [-0.3, -0.25) is 0 Å². The minimum atomic E-state index is -5.55. The molecule has 0 N–H and O–H groups in total. The molecule has 0 aliphatic heterocycles. The molecule has 0 saturated carbocycles. The largest absolute Gasteiger partial charge is 0.380 e. The molecule has 4 heterocycles. The van der Waals surface area contributed by atoms with Gasteiger partial charge in [0, 0.05) is 37.8 Å². The van der Waals surface area contributed by atoms with Gasteiger partial charge in [0.05, 0.1) is 4.88 Å². The average molecular weight is 519 g/mol. The van der Waals surface area contributed by atoms with Gasteiger partial charge in [-0.05, 0) is 51.3 Å². The van der Waals surface area contributed by atoms with Crippen molar-refractivity contribution < 1.29 is 26.3 Å². The van der Waals surface area contributed by atoms with Gasteiger partial charge >= 0.3 is 17.8 Å². The van der Waals surface area contributed by atoms with Crippen molar-refractivity contribution in [2.75, 3.05) is 0 Å². The van der Waals surface area contributed by atoms with E-state index in [4.69, 9.17) is 0 Å². The molecule has 0 unspecified atom stereocenters. The van der Waals surface area contributed by atoms with Gasteiger partial charge in [0.15, 0.2) is 0 Å². The summed E-state index contributed by atoms with van der Waals surface area (Å²) in [7, 11) is 0. The van der Waals surface area contributed by atoms with E-state index in [1.807, 2.05) is 0 Å². The van der Waals surface area contributed by atoms with Crippen LogP contribution < -0.4 is 0 Å². The molecule has 1 aliphatic rings. The summed E-state index contributed by atoms with van der Waals surface area (Å²) in [6, 6.07) is 9.37. The summed E-state index contributed by atoms with van der Waals surface area (Å²) in [6.45, 7) is 0. The minimum absolute atomic E-state index is 0.204. The summed E-state index contributed by atoms with van der Waals surface area (Å²) in [6.07, 6.45) is 0.204. The van der Waals surface area contributed by atoms with Crippen molar-refractivity contribution in [2.24, 2.45) is 0 Å². The van der Waals surface area contributed by atoms with Crippen LogP contribution in [0.15, 0.2) is 57.9 Å². The number of rotatable bonds is 5. The van der Waals surface area contributed by atoms with Crippen LogP contribution in [0.2, 0.25) is 0 Å². The molecule has 0 aromatic carbocycles. The van der Waals surface area contributed by atoms with E-state index in [0.717, 1.165) is 27.6 Å². The first-order chi connectivity index (χ1) is 15.2. The molecule has 4 aromatic heterocycles. The lowest BCUT2D eigenvalue weighted by molar-refractivity contribution is -0.254. The zero-order valence-corrected chi connectivity index (χ0v) is 19.1. The second-order valence-corrected chi connectivity index (χ2v) is 11.0. The molecule has 0 atom stereocenters. The fraction of sp³-hybridized carbons (Fsp3) is 0.182. The van der Waals surface area contributed by atoms with Crippen molar-refractivity contribution >= 4 is 56.5 Å². The average Bonchev–Trinajstić information content (AvgIpc) is 3.53. The molecule has 0 nitrogen and oxygen atoms in total. The Balaban J connectivity index is 1.78. The molecule has 0 amide bonds. The molecular formula is C22H12F6S4. The van der Waals surface area contributed by atoms with Gasteiger partial charge in [-0.2, -0.15) is 26.3 Å². The molecule has 0 saturated heterocycles. The van der Waals surface area contributed by atoms with Gasteiger partial charge in [0.25, 0.3) is 0 Å². The number of hydrogen-bond donors (Lipinski definition) is 0. The van der Waals surface area contributed by atoms with Crippen molar-refractivity contribution in [1.29, 1.82) is 0 Å². The fourth-order valence-corrected chi connectivity index (χ4v) is 7.31. The van der Waals surface area contributed by atoms with Gasteiger partial charge in [-0.1, -0.05) is 12.1 Å². The van der Waals surface area contributed by atoms with Crippen molar-refractivity contribution in [1.82, 2.24) is 0 Å². The Morgan fingerprint density at radius 1 is 0.625 bits per heavy atom. The smallest absolute Gasteiger partial charge is 0.194 e. The molecule has 4 aromatic rings. The van der Waals surface area contributed by atoms with Crippen molar-refractivity contribution in [3.05, 3.63) is 78.8 Å². The maximum absolute atomic E-state index is 15.1. The van der Waals surface area contributed by atoms with Crippen LogP contribution in [0.4, 0.5) is 26.3 Å². The Morgan fingerprint density at radius 3 is 1.91 bits per heavy atom. The highest BCUT2D eigenvalue weighted by atomic mass is 32.1. The van der Waals surface area contributed by atoms with Crippen molar-refractivity contribution in [3.8, 4) is 9.75 Å². The summed E-state index contributed by atoms with van der Waals surface area (Å²) < 4.78 is 89.9. The third kappa shape index (κ3) is 3.07. The Kier molecular flexibility index (Phi) is 5.20. The summed E-state index contributed by atoms with van der Waals surface area (Å²) in [5.74, 6) is -15.6. The lowest BCUT2D eigenvalue weighted by Gasteiger charge is -2.25. The number of hydrogen-bond acceptors (Lipinski definition) is 4. The van der Waals surface area contributed by atoms with Crippen molar-refractivity contribution in [2.45, 2.75) is 24.2 Å². The van der Waals surface area contributed by atoms with Gasteiger partial charge in [-0.25, -0.2) is 0 Å². The summed E-state index contributed by atoms with van der Waals surface area (Å²) in [5, 5.41) is 6.45. The van der Waals surface area contributed by atoms with Crippen LogP contribution in [-0.2, 0) is 6.42 Å². The predicted octanol–water partition coefficient (Wildman–Crippen LogP) is 9.02. The molecule has 1 aliphatic carbocycles. The summed E-state index contributed by atoms with van der Waals surface area (Å²) >= 11 is 4.76. The van der Waals surface area contributed by atoms with E-state index in [2.05, 4.69) is 0 Å². The van der Waals surface area contributed by atoms with E-state index in [0.29, 0.717) is 9.75 Å². The Hall–Kier alpha value is -1.88. The zero-order valence-electron chi connectivity index (χ0n) is 15.9. The molecule has 0 spiro atoms. The quantitative estimate of drug-likeness (QED) is 0.231. The number of alkyl halides is 6. The highest BCUT2D eigenvalue weighted by Crippen LogP contribution is 2.66. The molecule has 166 valence electrons. The highest BCUT2D eigenvalue weighted by Gasteiger charge is 2.80. The standard InChI is InChI=1S/C22H12F6S4/c23-20(24)17(13-5-9-31-16(13)11-12-3-1-7-29-12)18(21(25,26)22(20,27)28)14-6-10-32-19(14)15-4-2-8-30-15/h1-10H,11H2. The minimum Gasteiger partial charge on any atom is -0.194 e. The van der Waals surface area contributed by atoms with Crippen LogP contribution in [0.3, 0.4) is 0 Å². The number of thiophene rings is 4. The molecular weight excluding hydrogens is 506 g/mol. The van der Waals surface area contributed by atoms with E-state index in [1.165, 1.54) is 45.6 Å². The van der Waals surface area contributed by atoms with Crippen LogP contribution in [0.5, 0.6) is 0 Å². The normalized spacial score (nSPS) is 19.1. The van der Waals surface area contributed by atoms with Crippen molar-refractivity contribution in [3.63, 3.8) is 0 Å². The molecule has 10 heteroatoms. The number of halogens is 6. The molecule has 0 bridgehead atoms.